The van der Waals surface area contributed by atoms with E-state index in [2.05, 4.69) is 23.2 Å². The summed E-state index contributed by atoms with van der Waals surface area (Å²) in [5, 5.41) is 3.01. The van der Waals surface area contributed by atoms with Crippen molar-refractivity contribution in [3.63, 3.8) is 0 Å². The fraction of sp³-hybridized carbons (Fsp3) is 0.632. The van der Waals surface area contributed by atoms with Gasteiger partial charge in [0.25, 0.3) is 0 Å². The molecule has 1 unspecified atom stereocenters. The van der Waals surface area contributed by atoms with E-state index < -0.39 is 0 Å². The SMILES string of the molecule is CC(C)OCc1cccc(CNC(=O)CN2CCC(C)(CN)C2)c1.Cl. The van der Waals surface area contributed by atoms with Crippen LogP contribution in [0.2, 0.25) is 0 Å². The molecule has 3 N–H and O–H groups in total. The van der Waals surface area contributed by atoms with Crippen LogP contribution in [0.5, 0.6) is 0 Å². The Bertz CT molecular complexity index is 553. The third-order valence-corrected chi connectivity index (χ3v) is 4.56. The molecule has 2 rings (SSSR count). The second kappa shape index (κ2) is 10.1. The highest BCUT2D eigenvalue weighted by Gasteiger charge is 2.32. The van der Waals surface area contributed by atoms with E-state index in [1.54, 1.807) is 0 Å². The summed E-state index contributed by atoms with van der Waals surface area (Å²) in [5.74, 6) is 0.0695. The molecule has 0 aromatic heterocycles. The molecule has 0 aliphatic carbocycles. The minimum Gasteiger partial charge on any atom is -0.374 e. The van der Waals surface area contributed by atoms with E-state index in [-0.39, 0.29) is 29.8 Å². The number of nitrogens with two attached hydrogens (primary N) is 1. The van der Waals surface area contributed by atoms with Crippen molar-refractivity contribution in [3.05, 3.63) is 35.4 Å². The number of benzene rings is 1. The first-order valence-electron chi connectivity index (χ1n) is 8.79. The number of carbonyl (C=O) groups excluding carboxylic acids is 1. The summed E-state index contributed by atoms with van der Waals surface area (Å²) in [4.78, 5) is 14.4. The van der Waals surface area contributed by atoms with Gasteiger partial charge in [0.1, 0.15) is 0 Å². The van der Waals surface area contributed by atoms with Gasteiger partial charge < -0.3 is 15.8 Å². The lowest BCUT2D eigenvalue weighted by Gasteiger charge is -2.22. The van der Waals surface area contributed by atoms with E-state index in [0.29, 0.717) is 26.2 Å². The normalized spacial score (nSPS) is 20.5. The van der Waals surface area contributed by atoms with Gasteiger partial charge in [-0.15, -0.1) is 12.4 Å². The Morgan fingerprint density at radius 2 is 2.12 bits per heavy atom. The number of nitrogens with one attached hydrogen (secondary N) is 1. The number of amides is 1. The van der Waals surface area contributed by atoms with Gasteiger partial charge in [-0.1, -0.05) is 31.2 Å². The maximum Gasteiger partial charge on any atom is 0.234 e. The van der Waals surface area contributed by atoms with Crippen LogP contribution in [0.15, 0.2) is 24.3 Å². The first kappa shape index (κ1) is 21.9. The first-order valence-corrected chi connectivity index (χ1v) is 8.79. The minimum absolute atomic E-state index is 0. The summed E-state index contributed by atoms with van der Waals surface area (Å²) in [6, 6.07) is 8.17. The monoisotopic (exact) mass is 369 g/mol. The van der Waals surface area contributed by atoms with Crippen molar-refractivity contribution in [2.45, 2.75) is 46.4 Å². The molecule has 1 amide bonds. The fourth-order valence-electron chi connectivity index (χ4n) is 2.98. The van der Waals surface area contributed by atoms with Gasteiger partial charge in [-0.05, 0) is 49.9 Å². The van der Waals surface area contributed by atoms with Crippen LogP contribution in [0.25, 0.3) is 0 Å². The Labute approximate surface area is 157 Å². The third kappa shape index (κ3) is 7.32. The van der Waals surface area contributed by atoms with Crippen LogP contribution in [-0.2, 0) is 22.7 Å². The van der Waals surface area contributed by atoms with Crippen LogP contribution in [0.1, 0.15) is 38.3 Å². The molecule has 1 fully saturated rings. The summed E-state index contributed by atoms with van der Waals surface area (Å²) >= 11 is 0. The fourth-order valence-corrected chi connectivity index (χ4v) is 2.98. The van der Waals surface area contributed by atoms with Crippen molar-refractivity contribution < 1.29 is 9.53 Å². The number of ether oxygens (including phenoxy) is 1. The molecule has 1 heterocycles. The van der Waals surface area contributed by atoms with Gasteiger partial charge in [0.05, 0.1) is 19.3 Å². The molecule has 0 bridgehead atoms. The largest absolute Gasteiger partial charge is 0.374 e. The van der Waals surface area contributed by atoms with E-state index in [0.717, 1.165) is 30.6 Å². The topological polar surface area (TPSA) is 67.6 Å². The molecule has 1 aliphatic heterocycles. The van der Waals surface area contributed by atoms with Crippen LogP contribution in [0.4, 0.5) is 0 Å². The standard InChI is InChI=1S/C19H31N3O2.ClH/c1-15(2)24-12-17-6-4-5-16(9-17)10-21-18(23)11-22-8-7-19(3,13-20)14-22;/h4-6,9,15H,7-8,10-14,20H2,1-3H3,(H,21,23);1H. The van der Waals surface area contributed by atoms with Crippen LogP contribution in [0.3, 0.4) is 0 Å². The van der Waals surface area contributed by atoms with E-state index in [1.165, 1.54) is 0 Å². The van der Waals surface area contributed by atoms with Gasteiger partial charge in [-0.25, -0.2) is 0 Å². The average molecular weight is 370 g/mol. The number of hydrogen-bond donors (Lipinski definition) is 2. The van der Waals surface area contributed by atoms with E-state index in [1.807, 2.05) is 32.0 Å². The second-order valence-corrected chi connectivity index (χ2v) is 7.43. The zero-order valence-corrected chi connectivity index (χ0v) is 16.4. The Morgan fingerprint density at radius 1 is 1.40 bits per heavy atom. The number of likely N-dealkylation sites (tertiary alicyclic amines) is 1. The van der Waals surface area contributed by atoms with Crippen LogP contribution >= 0.6 is 12.4 Å². The Hall–Kier alpha value is -1.14. The Balaban J connectivity index is 0.00000312. The zero-order chi connectivity index (χ0) is 17.6. The van der Waals surface area contributed by atoms with Gasteiger partial charge in [0, 0.05) is 13.1 Å². The average Bonchev–Trinajstić information content (AvgIpc) is 2.93. The zero-order valence-electron chi connectivity index (χ0n) is 15.6. The van der Waals surface area contributed by atoms with E-state index >= 15 is 0 Å². The minimum atomic E-state index is 0. The molecule has 25 heavy (non-hydrogen) atoms. The van der Waals surface area contributed by atoms with Gasteiger partial charge in [0.2, 0.25) is 5.91 Å². The van der Waals surface area contributed by atoms with E-state index in [4.69, 9.17) is 10.5 Å². The van der Waals surface area contributed by atoms with Crippen molar-refractivity contribution >= 4 is 18.3 Å². The highest BCUT2D eigenvalue weighted by Crippen LogP contribution is 2.27. The number of nitrogens with zero attached hydrogens (tertiary/aromatic N) is 1. The quantitative estimate of drug-likeness (QED) is 0.738. The molecule has 1 saturated heterocycles. The molecule has 0 radical (unpaired) electrons. The maximum absolute atomic E-state index is 12.2. The molecule has 142 valence electrons. The summed E-state index contributed by atoms with van der Waals surface area (Å²) in [6.45, 7) is 10.4. The van der Waals surface area contributed by atoms with Crippen LogP contribution in [-0.4, -0.2) is 43.1 Å². The predicted molar refractivity (Wildman–Crippen MR) is 104 cm³/mol. The molecule has 0 saturated carbocycles. The number of hydrogen-bond acceptors (Lipinski definition) is 4. The van der Waals surface area contributed by atoms with E-state index in [9.17, 15) is 4.79 Å². The van der Waals surface area contributed by atoms with Gasteiger partial charge in [-0.2, -0.15) is 0 Å². The molecule has 1 aromatic rings. The predicted octanol–water partition coefficient (Wildman–Crippen LogP) is 2.32. The van der Waals surface area contributed by atoms with Crippen molar-refractivity contribution in [3.8, 4) is 0 Å². The van der Waals surface area contributed by atoms with Crippen molar-refractivity contribution in [1.82, 2.24) is 10.2 Å². The second-order valence-electron chi connectivity index (χ2n) is 7.43. The van der Waals surface area contributed by atoms with Crippen LogP contribution < -0.4 is 11.1 Å². The summed E-state index contributed by atoms with van der Waals surface area (Å²) in [7, 11) is 0. The molecule has 6 heteroatoms. The lowest BCUT2D eigenvalue weighted by molar-refractivity contribution is -0.122. The molecule has 0 spiro atoms. The van der Waals surface area contributed by atoms with Crippen molar-refractivity contribution in [1.29, 1.82) is 0 Å². The lowest BCUT2D eigenvalue weighted by atomic mass is 9.90. The summed E-state index contributed by atoms with van der Waals surface area (Å²) in [6.07, 6.45) is 1.28. The van der Waals surface area contributed by atoms with Crippen molar-refractivity contribution in [2.75, 3.05) is 26.2 Å². The molecule has 1 atom stereocenters. The molecule has 1 aromatic carbocycles. The molecular formula is C19H32ClN3O2. The van der Waals surface area contributed by atoms with Gasteiger partial charge in [0.15, 0.2) is 0 Å². The molecular weight excluding hydrogens is 338 g/mol. The molecule has 5 nitrogen and oxygen atoms in total. The van der Waals surface area contributed by atoms with Gasteiger partial charge >= 0.3 is 0 Å². The maximum atomic E-state index is 12.2. The Morgan fingerprint density at radius 3 is 2.76 bits per heavy atom. The first-order chi connectivity index (χ1) is 11.4. The highest BCUT2D eigenvalue weighted by atomic mass is 35.5. The number of halogens is 1. The smallest absolute Gasteiger partial charge is 0.234 e. The molecule has 1 aliphatic rings. The van der Waals surface area contributed by atoms with Gasteiger partial charge in [-0.3, -0.25) is 9.69 Å². The number of rotatable bonds is 8. The lowest BCUT2D eigenvalue weighted by Crippen LogP contribution is -2.38. The number of carbonyl (C=O) groups is 1. The van der Waals surface area contributed by atoms with Crippen LogP contribution in [0, 0.1) is 5.41 Å². The summed E-state index contributed by atoms with van der Waals surface area (Å²) in [5.41, 5.74) is 8.21. The summed E-state index contributed by atoms with van der Waals surface area (Å²) < 4.78 is 5.62. The highest BCUT2D eigenvalue weighted by molar-refractivity contribution is 5.85. The third-order valence-electron chi connectivity index (χ3n) is 4.56. The van der Waals surface area contributed by atoms with Crippen molar-refractivity contribution in [2.24, 2.45) is 11.1 Å². The Kier molecular flexibility index (Phi) is 8.86.